The van der Waals surface area contributed by atoms with Crippen LogP contribution in [0.1, 0.15) is 36.8 Å². The molecule has 0 spiro atoms. The molecule has 3 rings (SSSR count). The highest BCUT2D eigenvalue weighted by Crippen LogP contribution is 2.22. The Labute approximate surface area is 173 Å². The Morgan fingerprint density at radius 3 is 2.33 bits per heavy atom. The third-order valence-corrected chi connectivity index (χ3v) is 4.20. The van der Waals surface area contributed by atoms with E-state index < -0.39 is 11.8 Å². The van der Waals surface area contributed by atoms with Crippen LogP contribution in [0.15, 0.2) is 66.9 Å². The molecule has 3 amide bonds. The number of nitrogens with zero attached hydrogens (tertiary/aromatic N) is 1. The van der Waals surface area contributed by atoms with Gasteiger partial charge in [0.1, 0.15) is 17.2 Å². The van der Waals surface area contributed by atoms with E-state index in [2.05, 4.69) is 21.2 Å². The third kappa shape index (κ3) is 4.99. The lowest BCUT2D eigenvalue weighted by Gasteiger charge is -2.10. The number of ether oxygens (including phenoxy) is 1. The van der Waals surface area contributed by atoms with Gasteiger partial charge in [-0.3, -0.25) is 30.2 Å². The molecule has 8 heteroatoms. The second-order valence-electron chi connectivity index (χ2n) is 6.31. The average Bonchev–Trinajstić information content (AvgIpc) is 2.77. The normalized spacial score (nSPS) is 10.1. The molecule has 0 aliphatic rings. The van der Waals surface area contributed by atoms with Crippen molar-refractivity contribution in [3.8, 4) is 11.5 Å². The molecule has 0 fully saturated rings. The summed E-state index contributed by atoms with van der Waals surface area (Å²) < 4.78 is 5.73. The fraction of sp³-hybridized carbons (Fsp3) is 0.0909. The van der Waals surface area contributed by atoms with Crippen LogP contribution in [-0.4, -0.2) is 29.8 Å². The van der Waals surface area contributed by atoms with Crippen LogP contribution in [0.5, 0.6) is 11.5 Å². The van der Waals surface area contributed by atoms with E-state index in [0.717, 1.165) is 5.56 Å². The topological polar surface area (TPSA) is 109 Å². The van der Waals surface area contributed by atoms with Crippen LogP contribution < -0.4 is 20.9 Å². The lowest BCUT2D eigenvalue weighted by atomic mass is 10.1. The Hall–Kier alpha value is -4.20. The van der Waals surface area contributed by atoms with Crippen molar-refractivity contribution in [2.45, 2.75) is 6.92 Å². The van der Waals surface area contributed by atoms with Gasteiger partial charge in [-0.25, -0.2) is 0 Å². The fourth-order valence-corrected chi connectivity index (χ4v) is 2.64. The molecule has 0 aliphatic carbocycles. The van der Waals surface area contributed by atoms with E-state index in [1.807, 2.05) is 19.1 Å². The Kier molecular flexibility index (Phi) is 6.39. The van der Waals surface area contributed by atoms with Gasteiger partial charge in [-0.15, -0.1) is 0 Å². The van der Waals surface area contributed by atoms with Crippen molar-refractivity contribution in [2.24, 2.45) is 0 Å². The van der Waals surface area contributed by atoms with Gasteiger partial charge in [-0.2, -0.15) is 0 Å². The van der Waals surface area contributed by atoms with E-state index in [-0.39, 0.29) is 17.2 Å². The molecular formula is C22H20N4O4. The van der Waals surface area contributed by atoms with Crippen molar-refractivity contribution >= 4 is 17.7 Å². The van der Waals surface area contributed by atoms with Crippen molar-refractivity contribution in [3.63, 3.8) is 0 Å². The quantitative estimate of drug-likeness (QED) is 0.567. The number of hydrogen-bond donors (Lipinski definition) is 3. The molecule has 0 saturated heterocycles. The minimum Gasteiger partial charge on any atom is -0.457 e. The lowest BCUT2D eigenvalue weighted by Crippen LogP contribution is -2.41. The standard InChI is InChI=1S/C22H20N4O4/c1-14-6-3-4-9-18(14)21(28)26-25-20(27)15-7-5-8-16(12-15)30-17-10-11-24-19(13-17)22(29)23-2/h3-13H,1-2H3,(H,23,29)(H,25,27)(H,26,28). The van der Waals surface area contributed by atoms with E-state index in [0.29, 0.717) is 17.1 Å². The summed E-state index contributed by atoms with van der Waals surface area (Å²) in [6.45, 7) is 1.81. The summed E-state index contributed by atoms with van der Waals surface area (Å²) in [6.07, 6.45) is 1.46. The average molecular weight is 404 g/mol. The number of aromatic nitrogens is 1. The predicted octanol–water partition coefficient (Wildman–Crippen LogP) is 2.62. The largest absolute Gasteiger partial charge is 0.457 e. The number of hydrogen-bond acceptors (Lipinski definition) is 5. The zero-order valence-electron chi connectivity index (χ0n) is 16.4. The SMILES string of the molecule is CNC(=O)c1cc(Oc2cccc(C(=O)NNC(=O)c3ccccc3C)c2)ccn1. The molecule has 0 aliphatic heterocycles. The lowest BCUT2D eigenvalue weighted by molar-refractivity contribution is 0.0846. The van der Waals surface area contributed by atoms with Gasteiger partial charge in [0.05, 0.1) is 0 Å². The predicted molar refractivity (Wildman–Crippen MR) is 110 cm³/mol. The summed E-state index contributed by atoms with van der Waals surface area (Å²) in [7, 11) is 1.51. The zero-order valence-corrected chi connectivity index (χ0v) is 16.4. The molecule has 0 bridgehead atoms. The molecule has 0 unspecified atom stereocenters. The number of benzene rings is 2. The Bertz CT molecular complexity index is 1100. The molecule has 0 saturated carbocycles. The second-order valence-corrected chi connectivity index (χ2v) is 6.31. The van der Waals surface area contributed by atoms with Crippen molar-refractivity contribution in [2.75, 3.05) is 7.05 Å². The molecular weight excluding hydrogens is 384 g/mol. The minimum absolute atomic E-state index is 0.211. The Morgan fingerprint density at radius 2 is 1.57 bits per heavy atom. The molecule has 30 heavy (non-hydrogen) atoms. The van der Waals surface area contributed by atoms with Crippen LogP contribution in [0.3, 0.4) is 0 Å². The van der Waals surface area contributed by atoms with Gasteiger partial charge in [-0.05, 0) is 42.8 Å². The summed E-state index contributed by atoms with van der Waals surface area (Å²) in [5.74, 6) is -0.454. The molecule has 3 N–H and O–H groups in total. The first-order chi connectivity index (χ1) is 14.5. The monoisotopic (exact) mass is 404 g/mol. The van der Waals surface area contributed by atoms with Crippen LogP contribution in [-0.2, 0) is 0 Å². The fourth-order valence-electron chi connectivity index (χ4n) is 2.64. The third-order valence-electron chi connectivity index (χ3n) is 4.20. The van der Waals surface area contributed by atoms with Crippen LogP contribution in [0.4, 0.5) is 0 Å². The van der Waals surface area contributed by atoms with Crippen molar-refractivity contribution < 1.29 is 19.1 Å². The number of aryl methyl sites for hydroxylation is 1. The van der Waals surface area contributed by atoms with E-state index in [4.69, 9.17) is 4.74 Å². The van der Waals surface area contributed by atoms with Crippen LogP contribution in [0, 0.1) is 6.92 Å². The molecule has 2 aromatic carbocycles. The summed E-state index contributed by atoms with van der Waals surface area (Å²) in [4.78, 5) is 40.3. The van der Waals surface area contributed by atoms with Crippen LogP contribution in [0.2, 0.25) is 0 Å². The summed E-state index contributed by atoms with van der Waals surface area (Å²) >= 11 is 0. The number of amides is 3. The maximum Gasteiger partial charge on any atom is 0.269 e. The Balaban J connectivity index is 1.66. The van der Waals surface area contributed by atoms with Crippen molar-refractivity contribution in [3.05, 3.63) is 89.2 Å². The molecule has 0 radical (unpaired) electrons. The zero-order chi connectivity index (χ0) is 21.5. The van der Waals surface area contributed by atoms with Gasteiger partial charge in [0, 0.05) is 30.4 Å². The van der Waals surface area contributed by atoms with E-state index in [1.165, 1.54) is 25.4 Å². The maximum absolute atomic E-state index is 12.4. The van der Waals surface area contributed by atoms with Crippen LogP contribution >= 0.6 is 0 Å². The van der Waals surface area contributed by atoms with E-state index in [1.54, 1.807) is 36.4 Å². The highest BCUT2D eigenvalue weighted by molar-refractivity contribution is 5.99. The second kappa shape index (κ2) is 9.33. The first-order valence-electron chi connectivity index (χ1n) is 9.10. The van der Waals surface area contributed by atoms with Gasteiger partial charge < -0.3 is 10.1 Å². The molecule has 0 atom stereocenters. The van der Waals surface area contributed by atoms with Gasteiger partial charge in [0.15, 0.2) is 0 Å². The highest BCUT2D eigenvalue weighted by Gasteiger charge is 2.12. The number of rotatable bonds is 5. The Morgan fingerprint density at radius 1 is 0.833 bits per heavy atom. The number of carbonyl (C=O) groups is 3. The first-order valence-corrected chi connectivity index (χ1v) is 9.10. The molecule has 3 aromatic rings. The number of carbonyl (C=O) groups excluding carboxylic acids is 3. The summed E-state index contributed by atoms with van der Waals surface area (Å²) in [5, 5.41) is 2.49. The number of nitrogens with one attached hydrogen (secondary N) is 3. The molecule has 8 nitrogen and oxygen atoms in total. The van der Waals surface area contributed by atoms with Crippen molar-refractivity contribution in [1.29, 1.82) is 0 Å². The molecule has 152 valence electrons. The van der Waals surface area contributed by atoms with Gasteiger partial charge in [0.2, 0.25) is 0 Å². The molecule has 1 aromatic heterocycles. The minimum atomic E-state index is -0.497. The van der Waals surface area contributed by atoms with E-state index >= 15 is 0 Å². The van der Waals surface area contributed by atoms with Gasteiger partial charge in [-0.1, -0.05) is 24.3 Å². The maximum atomic E-state index is 12.4. The summed E-state index contributed by atoms with van der Waals surface area (Å²) in [6, 6.07) is 16.6. The van der Waals surface area contributed by atoms with Gasteiger partial charge >= 0.3 is 0 Å². The number of pyridine rings is 1. The van der Waals surface area contributed by atoms with Crippen LogP contribution in [0.25, 0.3) is 0 Å². The highest BCUT2D eigenvalue weighted by atomic mass is 16.5. The first kappa shape index (κ1) is 20.5. The van der Waals surface area contributed by atoms with Crippen molar-refractivity contribution in [1.82, 2.24) is 21.2 Å². The smallest absolute Gasteiger partial charge is 0.269 e. The van der Waals surface area contributed by atoms with Gasteiger partial charge in [0.25, 0.3) is 17.7 Å². The van der Waals surface area contributed by atoms with E-state index in [9.17, 15) is 14.4 Å². The number of hydrazine groups is 1. The summed E-state index contributed by atoms with van der Waals surface area (Å²) in [5.41, 5.74) is 6.56. The molecule has 1 heterocycles.